The van der Waals surface area contributed by atoms with Gasteiger partial charge in [-0.1, -0.05) is 42.2 Å². The monoisotopic (exact) mass is 538 g/mol. The number of ether oxygens (including phenoxy) is 1. The summed E-state index contributed by atoms with van der Waals surface area (Å²) in [4.78, 5) is 20.1. The summed E-state index contributed by atoms with van der Waals surface area (Å²) in [5.41, 5.74) is 3.85. The van der Waals surface area contributed by atoms with E-state index in [1.165, 1.54) is 5.56 Å². The van der Waals surface area contributed by atoms with Gasteiger partial charge < -0.3 is 25.0 Å². The van der Waals surface area contributed by atoms with Crippen molar-refractivity contribution in [2.24, 2.45) is 0 Å². The first-order valence-corrected chi connectivity index (χ1v) is 13.9. The van der Waals surface area contributed by atoms with E-state index in [0.29, 0.717) is 13.1 Å². The Bertz CT molecular complexity index is 1330. The molecule has 0 radical (unpaired) electrons. The molecule has 3 aromatic carbocycles. The summed E-state index contributed by atoms with van der Waals surface area (Å²) in [5.74, 6) is 7.34. The van der Waals surface area contributed by atoms with Gasteiger partial charge in [-0.05, 0) is 74.6 Å². The van der Waals surface area contributed by atoms with Crippen molar-refractivity contribution in [3.05, 3.63) is 95.6 Å². The minimum atomic E-state index is -0.114. The predicted molar refractivity (Wildman–Crippen MR) is 159 cm³/mol. The van der Waals surface area contributed by atoms with Gasteiger partial charge in [0.2, 0.25) is 0 Å². The average molecular weight is 539 g/mol. The Balaban J connectivity index is 1.35. The number of nitrogens with one attached hydrogen (secondary N) is 1. The largest absolute Gasteiger partial charge is 0.497 e. The van der Waals surface area contributed by atoms with E-state index in [2.05, 4.69) is 65.3 Å². The first-order chi connectivity index (χ1) is 19.5. The van der Waals surface area contributed by atoms with E-state index in [1.807, 2.05) is 59.5 Å². The number of methoxy groups -OCH3 is 1. The summed E-state index contributed by atoms with van der Waals surface area (Å²) < 4.78 is 5.25. The van der Waals surface area contributed by atoms with Crippen LogP contribution < -0.4 is 10.1 Å². The molecular formula is C33H38N4O3. The van der Waals surface area contributed by atoms with E-state index in [9.17, 15) is 9.90 Å². The molecule has 3 unspecified atom stereocenters. The Morgan fingerprint density at radius 2 is 1.65 bits per heavy atom. The maximum atomic E-state index is 13.5. The Labute approximate surface area is 237 Å². The van der Waals surface area contributed by atoms with Crippen LogP contribution in [-0.2, 0) is 0 Å². The highest BCUT2D eigenvalue weighted by Gasteiger charge is 2.50. The molecule has 0 spiro atoms. The van der Waals surface area contributed by atoms with E-state index in [1.54, 1.807) is 7.11 Å². The Morgan fingerprint density at radius 3 is 2.27 bits per heavy atom. The highest BCUT2D eigenvalue weighted by atomic mass is 16.5. The van der Waals surface area contributed by atoms with Crippen LogP contribution in [0, 0.1) is 11.8 Å². The third-order valence-electron chi connectivity index (χ3n) is 8.21. The molecule has 2 saturated heterocycles. The molecule has 2 aliphatic heterocycles. The molecule has 3 aromatic rings. The zero-order valence-corrected chi connectivity index (χ0v) is 23.5. The van der Waals surface area contributed by atoms with Gasteiger partial charge in [-0.15, -0.1) is 0 Å². The number of hydrogen-bond donors (Lipinski definition) is 2. The summed E-state index contributed by atoms with van der Waals surface area (Å²) in [6.45, 7) is 2.21. The normalized spacial score (nSPS) is 22.7. The van der Waals surface area contributed by atoms with Crippen molar-refractivity contribution in [3.8, 4) is 17.6 Å². The first kappa shape index (κ1) is 27.7. The van der Waals surface area contributed by atoms with Crippen LogP contribution in [0.1, 0.15) is 29.0 Å². The zero-order valence-electron chi connectivity index (χ0n) is 23.5. The van der Waals surface area contributed by atoms with Crippen LogP contribution in [0.15, 0.2) is 78.9 Å². The second-order valence-electron chi connectivity index (χ2n) is 10.8. The van der Waals surface area contributed by atoms with Gasteiger partial charge in [-0.25, -0.2) is 4.79 Å². The smallest absolute Gasteiger partial charge is 0.321 e. The Kier molecular flexibility index (Phi) is 8.71. The van der Waals surface area contributed by atoms with Crippen molar-refractivity contribution in [1.82, 2.24) is 14.7 Å². The number of rotatable bonds is 5. The molecular weight excluding hydrogens is 500 g/mol. The summed E-state index contributed by atoms with van der Waals surface area (Å²) >= 11 is 0. The van der Waals surface area contributed by atoms with E-state index >= 15 is 0 Å². The van der Waals surface area contributed by atoms with E-state index in [4.69, 9.17) is 4.74 Å². The van der Waals surface area contributed by atoms with E-state index in [-0.39, 0.29) is 36.7 Å². The van der Waals surface area contributed by atoms with Crippen molar-refractivity contribution < 1.29 is 14.6 Å². The minimum Gasteiger partial charge on any atom is -0.497 e. The number of hydrogen-bond acceptors (Lipinski definition) is 5. The van der Waals surface area contributed by atoms with Gasteiger partial charge in [-0.2, -0.15) is 0 Å². The van der Waals surface area contributed by atoms with Crippen molar-refractivity contribution >= 4 is 11.7 Å². The SMILES string of the molecule is COc1ccc(NC(=O)N2CC(N(C)C)CCN3C(C2)C(c2ccc(C#Cc4ccccc4)cc2)[C@H]3CO)cc1. The van der Waals surface area contributed by atoms with Gasteiger partial charge in [0.25, 0.3) is 0 Å². The molecule has 208 valence electrons. The number of benzene rings is 3. The topological polar surface area (TPSA) is 68.3 Å². The molecule has 2 heterocycles. The van der Waals surface area contributed by atoms with Crippen LogP contribution in [0.4, 0.5) is 10.5 Å². The second-order valence-corrected chi connectivity index (χ2v) is 10.8. The van der Waals surface area contributed by atoms with Gasteiger partial charge in [-0.3, -0.25) is 4.90 Å². The minimum absolute atomic E-state index is 0.0265. The van der Waals surface area contributed by atoms with Crippen LogP contribution in [0.3, 0.4) is 0 Å². The fourth-order valence-corrected chi connectivity index (χ4v) is 5.89. The quantitative estimate of drug-likeness (QED) is 0.479. The van der Waals surface area contributed by atoms with Crippen molar-refractivity contribution in [1.29, 1.82) is 0 Å². The standard InChI is InChI=1S/C33H38N4O3/c1-35(2)28-19-20-37-30(22-36(21-28)33(39)34-27-15-17-29(40-3)18-16-27)32(31(37)23-38)26-13-11-25(12-14-26)10-9-24-7-5-4-6-8-24/h4-8,11-18,28,30-32,38H,19-23H2,1-3H3,(H,34,39)/t28?,30?,31-,32?/m1/s1. The maximum absolute atomic E-state index is 13.5. The number of aliphatic hydroxyl groups excluding tert-OH is 1. The molecule has 0 bridgehead atoms. The summed E-state index contributed by atoms with van der Waals surface area (Å²) in [7, 11) is 5.75. The molecule has 7 heteroatoms. The highest BCUT2D eigenvalue weighted by Crippen LogP contribution is 2.42. The van der Waals surface area contributed by atoms with Crippen LogP contribution in [0.2, 0.25) is 0 Å². The number of carbonyl (C=O) groups is 1. The molecule has 0 aliphatic carbocycles. The van der Waals surface area contributed by atoms with Gasteiger partial charge >= 0.3 is 6.03 Å². The lowest BCUT2D eigenvalue weighted by atomic mass is 9.74. The molecule has 2 fully saturated rings. The Hall–Kier alpha value is -3.83. The maximum Gasteiger partial charge on any atom is 0.321 e. The summed E-state index contributed by atoms with van der Waals surface area (Å²) in [6, 6.07) is 26.0. The lowest BCUT2D eigenvalue weighted by Gasteiger charge is -2.57. The van der Waals surface area contributed by atoms with Crippen LogP contribution in [0.5, 0.6) is 5.75 Å². The molecule has 0 aromatic heterocycles. The number of nitrogens with zero attached hydrogens (tertiary/aromatic N) is 3. The number of urea groups is 1. The van der Waals surface area contributed by atoms with Crippen LogP contribution in [0.25, 0.3) is 0 Å². The molecule has 2 N–H and O–H groups in total. The molecule has 4 atom stereocenters. The number of fused-ring (bicyclic) bond motifs is 1. The highest BCUT2D eigenvalue weighted by molar-refractivity contribution is 5.89. The molecule has 2 amide bonds. The van der Waals surface area contributed by atoms with E-state index in [0.717, 1.165) is 35.5 Å². The summed E-state index contributed by atoms with van der Waals surface area (Å²) in [6.07, 6.45) is 0.924. The Morgan fingerprint density at radius 1 is 0.975 bits per heavy atom. The van der Waals surface area contributed by atoms with Crippen molar-refractivity contribution in [3.63, 3.8) is 0 Å². The van der Waals surface area contributed by atoms with E-state index < -0.39 is 0 Å². The number of amides is 2. The van der Waals surface area contributed by atoms with Gasteiger partial charge in [0.1, 0.15) is 5.75 Å². The fraction of sp³-hybridized carbons (Fsp3) is 0.364. The predicted octanol–water partition coefficient (Wildman–Crippen LogP) is 4.09. The van der Waals surface area contributed by atoms with Crippen molar-refractivity contribution in [2.45, 2.75) is 30.5 Å². The fourth-order valence-electron chi connectivity index (χ4n) is 5.89. The molecule has 0 saturated carbocycles. The lowest BCUT2D eigenvalue weighted by Crippen LogP contribution is -2.69. The van der Waals surface area contributed by atoms with Crippen LogP contribution >= 0.6 is 0 Å². The molecule has 2 aliphatic rings. The molecule has 5 rings (SSSR count). The first-order valence-electron chi connectivity index (χ1n) is 13.9. The number of likely N-dealkylation sites (N-methyl/N-ethyl adjacent to an activating group) is 1. The summed E-state index contributed by atoms with van der Waals surface area (Å²) in [5, 5.41) is 13.5. The van der Waals surface area contributed by atoms with Gasteiger partial charge in [0.15, 0.2) is 0 Å². The second kappa shape index (κ2) is 12.6. The molecule has 40 heavy (non-hydrogen) atoms. The lowest BCUT2D eigenvalue weighted by molar-refractivity contribution is -0.0654. The number of anilines is 1. The van der Waals surface area contributed by atoms with Crippen LogP contribution in [-0.4, -0.2) is 91.4 Å². The number of carbonyl (C=O) groups excluding carboxylic acids is 1. The van der Waals surface area contributed by atoms with Gasteiger partial charge in [0.05, 0.1) is 13.7 Å². The number of aliphatic hydroxyl groups is 1. The van der Waals surface area contributed by atoms with Crippen molar-refractivity contribution in [2.75, 3.05) is 52.8 Å². The molecule has 7 nitrogen and oxygen atoms in total. The van der Waals surface area contributed by atoms with Gasteiger partial charge in [0, 0.05) is 60.5 Å². The average Bonchev–Trinajstić information content (AvgIpc) is 2.96. The zero-order chi connectivity index (χ0) is 28.1. The third-order valence-corrected chi connectivity index (χ3v) is 8.21. The third kappa shape index (κ3) is 6.15.